The average Bonchev–Trinajstić information content (AvgIpc) is 3.07. The number of hydrogen-bond acceptors (Lipinski definition) is 2. The Bertz CT molecular complexity index is 466. The second kappa shape index (κ2) is 5.44. The number of nitrogens with one attached hydrogen (secondary N) is 1. The van der Waals surface area contributed by atoms with Crippen molar-refractivity contribution in [2.45, 2.75) is 31.7 Å². The first-order chi connectivity index (χ1) is 8.58. The zero-order valence-electron chi connectivity index (χ0n) is 9.86. The van der Waals surface area contributed by atoms with Crippen LogP contribution >= 0.6 is 11.6 Å². The van der Waals surface area contributed by atoms with Gasteiger partial charge in [-0.05, 0) is 25.3 Å². The third-order valence-corrected chi connectivity index (χ3v) is 3.05. The number of amides is 1. The first-order valence-electron chi connectivity index (χ1n) is 5.95. The van der Waals surface area contributed by atoms with Crippen LogP contribution < -0.4 is 5.32 Å². The molecule has 2 rings (SSSR count). The van der Waals surface area contributed by atoms with Gasteiger partial charge >= 0.3 is 5.97 Å². The van der Waals surface area contributed by atoms with Gasteiger partial charge in [-0.25, -0.2) is 0 Å². The van der Waals surface area contributed by atoms with Crippen molar-refractivity contribution in [2.24, 2.45) is 0 Å². The van der Waals surface area contributed by atoms with E-state index in [2.05, 4.69) is 5.32 Å². The van der Waals surface area contributed by atoms with Gasteiger partial charge in [0.2, 0.25) is 0 Å². The Hall–Kier alpha value is -1.49. The molecule has 0 aromatic carbocycles. The molecule has 6 heteroatoms. The molecule has 1 saturated carbocycles. The van der Waals surface area contributed by atoms with Crippen molar-refractivity contribution in [3.63, 3.8) is 0 Å². The van der Waals surface area contributed by atoms with E-state index in [0.29, 0.717) is 29.7 Å². The number of hydrogen-bond donors (Lipinski definition) is 2. The molecule has 1 aromatic rings. The van der Waals surface area contributed by atoms with Crippen molar-refractivity contribution in [1.29, 1.82) is 0 Å². The minimum absolute atomic E-state index is 0.0602. The number of aliphatic carboxylic acids is 1. The SMILES string of the molecule is O=C(O)CCCNC(=O)c1cc(Cl)cn1C1CC1. The molecule has 2 N–H and O–H groups in total. The van der Waals surface area contributed by atoms with E-state index >= 15 is 0 Å². The van der Waals surface area contributed by atoms with Crippen LogP contribution in [0.1, 0.15) is 42.2 Å². The minimum atomic E-state index is -0.853. The highest BCUT2D eigenvalue weighted by molar-refractivity contribution is 6.31. The van der Waals surface area contributed by atoms with Crippen LogP contribution in [0.2, 0.25) is 5.02 Å². The molecule has 0 spiro atoms. The van der Waals surface area contributed by atoms with Crippen molar-refractivity contribution in [2.75, 3.05) is 6.54 Å². The summed E-state index contributed by atoms with van der Waals surface area (Å²) in [7, 11) is 0. The van der Waals surface area contributed by atoms with E-state index in [-0.39, 0.29) is 12.3 Å². The molecule has 1 aromatic heterocycles. The lowest BCUT2D eigenvalue weighted by atomic mass is 10.3. The number of aromatic nitrogens is 1. The number of carboxylic acids is 1. The molecule has 0 bridgehead atoms. The fraction of sp³-hybridized carbons (Fsp3) is 0.500. The summed E-state index contributed by atoms with van der Waals surface area (Å²) in [5, 5.41) is 11.8. The van der Waals surface area contributed by atoms with Gasteiger partial charge in [0.1, 0.15) is 5.69 Å². The summed E-state index contributed by atoms with van der Waals surface area (Å²) in [5.74, 6) is -1.05. The summed E-state index contributed by atoms with van der Waals surface area (Å²) in [6.07, 6.45) is 4.41. The van der Waals surface area contributed by atoms with Gasteiger partial charge in [-0.3, -0.25) is 9.59 Å². The van der Waals surface area contributed by atoms with Crippen LogP contribution in [0, 0.1) is 0 Å². The van der Waals surface area contributed by atoms with Crippen LogP contribution in [0.3, 0.4) is 0 Å². The Labute approximate surface area is 110 Å². The highest BCUT2D eigenvalue weighted by Crippen LogP contribution is 2.37. The highest BCUT2D eigenvalue weighted by Gasteiger charge is 2.27. The van der Waals surface area contributed by atoms with E-state index in [1.807, 2.05) is 4.57 Å². The van der Waals surface area contributed by atoms with Gasteiger partial charge in [0.05, 0.1) is 5.02 Å². The summed E-state index contributed by atoms with van der Waals surface area (Å²) in [6.45, 7) is 0.360. The second-order valence-corrected chi connectivity index (χ2v) is 4.87. The smallest absolute Gasteiger partial charge is 0.303 e. The predicted molar refractivity (Wildman–Crippen MR) is 66.9 cm³/mol. The van der Waals surface area contributed by atoms with E-state index in [1.54, 1.807) is 12.3 Å². The Morgan fingerprint density at radius 3 is 2.83 bits per heavy atom. The predicted octanol–water partition coefficient (Wildman–Crippen LogP) is 2.07. The van der Waals surface area contributed by atoms with Gasteiger partial charge in [0.15, 0.2) is 0 Å². The Morgan fingerprint density at radius 2 is 2.22 bits per heavy atom. The topological polar surface area (TPSA) is 71.3 Å². The summed E-state index contributed by atoms with van der Waals surface area (Å²) in [4.78, 5) is 22.3. The van der Waals surface area contributed by atoms with E-state index in [1.165, 1.54) is 0 Å². The monoisotopic (exact) mass is 270 g/mol. The van der Waals surface area contributed by atoms with Gasteiger partial charge in [0, 0.05) is 25.2 Å². The number of carbonyl (C=O) groups excluding carboxylic acids is 1. The molecule has 0 atom stereocenters. The molecule has 1 amide bonds. The number of carbonyl (C=O) groups is 2. The molecule has 1 aliphatic rings. The molecule has 1 aliphatic carbocycles. The number of carboxylic acid groups (broad SMARTS) is 1. The minimum Gasteiger partial charge on any atom is -0.481 e. The van der Waals surface area contributed by atoms with Gasteiger partial charge in [-0.15, -0.1) is 0 Å². The van der Waals surface area contributed by atoms with Crippen molar-refractivity contribution < 1.29 is 14.7 Å². The molecule has 0 radical (unpaired) electrons. The first kappa shape index (κ1) is 13.0. The molecular weight excluding hydrogens is 256 g/mol. The van der Waals surface area contributed by atoms with Crippen molar-refractivity contribution in [1.82, 2.24) is 9.88 Å². The quantitative estimate of drug-likeness (QED) is 0.778. The molecule has 1 fully saturated rings. The van der Waals surface area contributed by atoms with Crippen LogP contribution in [-0.2, 0) is 4.79 Å². The first-order valence-corrected chi connectivity index (χ1v) is 6.33. The number of halogens is 1. The van der Waals surface area contributed by atoms with Gasteiger partial charge in [-0.2, -0.15) is 0 Å². The third-order valence-electron chi connectivity index (χ3n) is 2.84. The van der Waals surface area contributed by atoms with Crippen molar-refractivity contribution >= 4 is 23.5 Å². The summed E-state index contributed by atoms with van der Waals surface area (Å²) >= 11 is 5.91. The molecule has 1 heterocycles. The molecular formula is C12H15ClN2O3. The molecule has 0 unspecified atom stereocenters. The molecule has 0 saturated heterocycles. The average molecular weight is 271 g/mol. The van der Waals surface area contributed by atoms with Crippen LogP contribution in [0.25, 0.3) is 0 Å². The standard InChI is InChI=1S/C12H15ClN2O3/c13-8-6-10(15(7-8)9-3-4-9)12(18)14-5-1-2-11(16)17/h6-7,9H,1-5H2,(H,14,18)(H,16,17). The largest absolute Gasteiger partial charge is 0.481 e. The van der Waals surface area contributed by atoms with Gasteiger partial charge < -0.3 is 15.0 Å². The van der Waals surface area contributed by atoms with E-state index in [9.17, 15) is 9.59 Å². The van der Waals surface area contributed by atoms with Crippen molar-refractivity contribution in [3.05, 3.63) is 23.0 Å². The lowest BCUT2D eigenvalue weighted by Gasteiger charge is -2.07. The maximum Gasteiger partial charge on any atom is 0.303 e. The molecule has 5 nitrogen and oxygen atoms in total. The molecule has 0 aliphatic heterocycles. The Balaban J connectivity index is 1.90. The van der Waals surface area contributed by atoms with Crippen LogP contribution in [0.5, 0.6) is 0 Å². The van der Waals surface area contributed by atoms with E-state index in [4.69, 9.17) is 16.7 Å². The lowest BCUT2D eigenvalue weighted by molar-refractivity contribution is -0.137. The van der Waals surface area contributed by atoms with Crippen LogP contribution in [0.4, 0.5) is 0 Å². The van der Waals surface area contributed by atoms with Crippen LogP contribution in [0.15, 0.2) is 12.3 Å². The zero-order chi connectivity index (χ0) is 13.1. The van der Waals surface area contributed by atoms with Gasteiger partial charge in [0.25, 0.3) is 5.91 Å². The normalized spacial score (nSPS) is 14.5. The summed E-state index contributed by atoms with van der Waals surface area (Å²) in [5.41, 5.74) is 0.554. The maximum atomic E-state index is 11.9. The van der Waals surface area contributed by atoms with Crippen molar-refractivity contribution in [3.8, 4) is 0 Å². The number of rotatable bonds is 6. The molecule has 98 valence electrons. The summed E-state index contributed by atoms with van der Waals surface area (Å²) in [6, 6.07) is 2.03. The molecule has 18 heavy (non-hydrogen) atoms. The Kier molecular flexibility index (Phi) is 3.91. The zero-order valence-corrected chi connectivity index (χ0v) is 10.6. The highest BCUT2D eigenvalue weighted by atomic mass is 35.5. The van der Waals surface area contributed by atoms with E-state index < -0.39 is 5.97 Å². The van der Waals surface area contributed by atoms with Gasteiger partial charge in [-0.1, -0.05) is 11.6 Å². The van der Waals surface area contributed by atoms with Crippen LogP contribution in [-0.4, -0.2) is 28.1 Å². The number of nitrogens with zero attached hydrogens (tertiary/aromatic N) is 1. The Morgan fingerprint density at radius 1 is 1.50 bits per heavy atom. The fourth-order valence-electron chi connectivity index (χ4n) is 1.81. The fourth-order valence-corrected chi connectivity index (χ4v) is 2.02. The second-order valence-electron chi connectivity index (χ2n) is 4.44. The maximum absolute atomic E-state index is 11.9. The lowest BCUT2D eigenvalue weighted by Crippen LogP contribution is -2.27. The van der Waals surface area contributed by atoms with E-state index in [0.717, 1.165) is 12.8 Å². The summed E-state index contributed by atoms with van der Waals surface area (Å²) < 4.78 is 1.90. The third kappa shape index (κ3) is 3.26.